The first-order valence-electron chi connectivity index (χ1n) is 3.76. The summed E-state index contributed by atoms with van der Waals surface area (Å²) in [6.07, 6.45) is 4.55. The monoisotopic (exact) mass is 154 g/mol. The molecule has 1 aromatic rings. The third-order valence-electron chi connectivity index (χ3n) is 1.43. The van der Waals surface area contributed by atoms with E-state index < -0.39 is 0 Å². The molecule has 0 bridgehead atoms. The molecule has 0 unspecified atom stereocenters. The molecule has 0 amide bonds. The molecule has 0 aliphatic rings. The van der Waals surface area contributed by atoms with E-state index in [1.807, 2.05) is 13.2 Å². The van der Waals surface area contributed by atoms with Gasteiger partial charge in [0.15, 0.2) is 0 Å². The summed E-state index contributed by atoms with van der Waals surface area (Å²) in [6.45, 7) is 1.83. The minimum absolute atomic E-state index is 0.855. The van der Waals surface area contributed by atoms with Gasteiger partial charge in [0, 0.05) is 31.5 Å². The van der Waals surface area contributed by atoms with E-state index in [4.69, 9.17) is 0 Å². The van der Waals surface area contributed by atoms with Crippen LogP contribution in [0.5, 0.6) is 0 Å². The lowest BCUT2D eigenvalue weighted by molar-refractivity contribution is 0.628. The van der Waals surface area contributed by atoms with Crippen molar-refractivity contribution in [1.82, 2.24) is 20.6 Å². The van der Waals surface area contributed by atoms with Crippen LogP contribution in [0, 0.1) is 0 Å². The number of hydrogen-bond donors (Lipinski definition) is 3. The number of imidazole rings is 1. The second-order valence-corrected chi connectivity index (χ2v) is 2.36. The van der Waals surface area contributed by atoms with Gasteiger partial charge in [-0.3, -0.25) is 0 Å². The lowest BCUT2D eigenvalue weighted by Gasteiger charge is -2.00. The Kier molecular flexibility index (Phi) is 3.64. The van der Waals surface area contributed by atoms with E-state index in [2.05, 4.69) is 20.6 Å². The Morgan fingerprint density at radius 1 is 1.64 bits per heavy atom. The summed E-state index contributed by atoms with van der Waals surface area (Å²) in [6, 6.07) is 0. The zero-order chi connectivity index (χ0) is 7.94. The van der Waals surface area contributed by atoms with Gasteiger partial charge in [0.1, 0.15) is 0 Å². The first kappa shape index (κ1) is 8.23. The summed E-state index contributed by atoms with van der Waals surface area (Å²) in [7, 11) is 1.92. The number of aromatic nitrogens is 2. The Labute approximate surface area is 66.4 Å². The van der Waals surface area contributed by atoms with E-state index in [1.165, 1.54) is 5.69 Å². The standard InChI is InChI=1S/C7H14N4/c1-8-5-9-3-2-7-4-10-6-11-7/h4,6,8-9H,2-3,5H2,1H3,(H,10,11). The molecule has 11 heavy (non-hydrogen) atoms. The molecule has 1 aromatic heterocycles. The van der Waals surface area contributed by atoms with Crippen LogP contribution in [0.2, 0.25) is 0 Å². The molecule has 0 aliphatic carbocycles. The maximum Gasteiger partial charge on any atom is 0.0921 e. The topological polar surface area (TPSA) is 52.7 Å². The molecule has 4 nitrogen and oxygen atoms in total. The highest BCUT2D eigenvalue weighted by Gasteiger charge is 1.91. The van der Waals surface area contributed by atoms with Gasteiger partial charge < -0.3 is 15.6 Å². The number of aromatic amines is 1. The second kappa shape index (κ2) is 4.87. The van der Waals surface area contributed by atoms with Crippen molar-refractivity contribution in [2.45, 2.75) is 6.42 Å². The van der Waals surface area contributed by atoms with Crippen LogP contribution in [0.15, 0.2) is 12.5 Å². The number of nitrogens with one attached hydrogen (secondary N) is 3. The summed E-state index contributed by atoms with van der Waals surface area (Å²) in [5, 5.41) is 6.23. The van der Waals surface area contributed by atoms with Gasteiger partial charge in [0.05, 0.1) is 6.33 Å². The molecule has 3 N–H and O–H groups in total. The van der Waals surface area contributed by atoms with Crippen molar-refractivity contribution in [2.75, 3.05) is 20.3 Å². The maximum atomic E-state index is 3.92. The van der Waals surface area contributed by atoms with Gasteiger partial charge >= 0.3 is 0 Å². The van der Waals surface area contributed by atoms with Gasteiger partial charge in [0.25, 0.3) is 0 Å². The summed E-state index contributed by atoms with van der Waals surface area (Å²) in [5.74, 6) is 0. The van der Waals surface area contributed by atoms with Gasteiger partial charge in [-0.05, 0) is 7.05 Å². The lowest BCUT2D eigenvalue weighted by Crippen LogP contribution is -2.27. The van der Waals surface area contributed by atoms with Gasteiger partial charge in [-0.25, -0.2) is 4.98 Å². The zero-order valence-electron chi connectivity index (χ0n) is 6.72. The fourth-order valence-electron chi connectivity index (χ4n) is 0.858. The van der Waals surface area contributed by atoms with E-state index in [1.54, 1.807) is 6.33 Å². The Hall–Kier alpha value is -0.870. The highest BCUT2D eigenvalue weighted by molar-refractivity contribution is 4.94. The molecule has 0 fully saturated rings. The molecule has 1 heterocycles. The molecule has 0 saturated carbocycles. The minimum Gasteiger partial charge on any atom is -0.348 e. The van der Waals surface area contributed by atoms with Crippen molar-refractivity contribution in [3.8, 4) is 0 Å². The Bertz CT molecular complexity index is 171. The van der Waals surface area contributed by atoms with Crippen molar-refractivity contribution >= 4 is 0 Å². The van der Waals surface area contributed by atoms with Crippen LogP contribution in [0.3, 0.4) is 0 Å². The van der Waals surface area contributed by atoms with Crippen LogP contribution in [-0.2, 0) is 6.42 Å². The van der Waals surface area contributed by atoms with E-state index in [0.717, 1.165) is 19.6 Å². The van der Waals surface area contributed by atoms with Crippen molar-refractivity contribution in [3.63, 3.8) is 0 Å². The van der Waals surface area contributed by atoms with E-state index in [9.17, 15) is 0 Å². The van der Waals surface area contributed by atoms with Gasteiger partial charge in [-0.2, -0.15) is 0 Å². The normalized spacial score (nSPS) is 10.3. The van der Waals surface area contributed by atoms with Gasteiger partial charge in [-0.15, -0.1) is 0 Å². The summed E-state index contributed by atoms with van der Waals surface area (Å²) in [5.41, 5.74) is 1.17. The highest BCUT2D eigenvalue weighted by atomic mass is 15.0. The van der Waals surface area contributed by atoms with Crippen LogP contribution in [0.1, 0.15) is 5.69 Å². The first-order chi connectivity index (χ1) is 5.43. The first-order valence-corrected chi connectivity index (χ1v) is 3.76. The van der Waals surface area contributed by atoms with Crippen molar-refractivity contribution in [3.05, 3.63) is 18.2 Å². The third kappa shape index (κ3) is 3.15. The van der Waals surface area contributed by atoms with E-state index in [-0.39, 0.29) is 0 Å². The minimum atomic E-state index is 0.855. The Morgan fingerprint density at radius 2 is 2.55 bits per heavy atom. The lowest BCUT2D eigenvalue weighted by atomic mass is 10.3. The molecular weight excluding hydrogens is 140 g/mol. The van der Waals surface area contributed by atoms with Crippen molar-refractivity contribution in [2.24, 2.45) is 0 Å². The summed E-state index contributed by atoms with van der Waals surface area (Å²) in [4.78, 5) is 6.96. The number of hydrogen-bond acceptors (Lipinski definition) is 3. The molecule has 4 heteroatoms. The molecule has 0 aromatic carbocycles. The number of H-pyrrole nitrogens is 1. The van der Waals surface area contributed by atoms with E-state index in [0.29, 0.717) is 0 Å². The molecule has 0 atom stereocenters. The summed E-state index contributed by atoms with van der Waals surface area (Å²) >= 11 is 0. The van der Waals surface area contributed by atoms with Crippen molar-refractivity contribution < 1.29 is 0 Å². The predicted octanol–water partition coefficient (Wildman–Crippen LogP) is -0.281. The quantitative estimate of drug-likeness (QED) is 0.404. The van der Waals surface area contributed by atoms with Crippen LogP contribution in [0.25, 0.3) is 0 Å². The molecule has 1 rings (SSSR count). The van der Waals surface area contributed by atoms with Gasteiger partial charge in [0.2, 0.25) is 0 Å². The van der Waals surface area contributed by atoms with Crippen LogP contribution < -0.4 is 10.6 Å². The smallest absolute Gasteiger partial charge is 0.0921 e. The van der Waals surface area contributed by atoms with Gasteiger partial charge in [-0.1, -0.05) is 0 Å². The molecule has 0 radical (unpaired) electrons. The summed E-state index contributed by atoms with van der Waals surface area (Å²) < 4.78 is 0. The number of nitrogens with zero attached hydrogens (tertiary/aromatic N) is 1. The maximum absolute atomic E-state index is 3.92. The molecule has 0 aliphatic heterocycles. The van der Waals surface area contributed by atoms with E-state index >= 15 is 0 Å². The highest BCUT2D eigenvalue weighted by Crippen LogP contribution is 1.89. The predicted molar refractivity (Wildman–Crippen MR) is 44.2 cm³/mol. The second-order valence-electron chi connectivity index (χ2n) is 2.36. The molecule has 62 valence electrons. The Morgan fingerprint density at radius 3 is 3.18 bits per heavy atom. The zero-order valence-corrected chi connectivity index (χ0v) is 6.72. The fraction of sp³-hybridized carbons (Fsp3) is 0.571. The fourth-order valence-corrected chi connectivity index (χ4v) is 0.858. The molecule has 0 spiro atoms. The molecule has 0 saturated heterocycles. The average molecular weight is 154 g/mol. The van der Waals surface area contributed by atoms with Crippen LogP contribution in [-0.4, -0.2) is 30.2 Å². The largest absolute Gasteiger partial charge is 0.348 e. The van der Waals surface area contributed by atoms with Crippen LogP contribution in [0.4, 0.5) is 0 Å². The average Bonchev–Trinajstić information content (AvgIpc) is 2.50. The molecular formula is C7H14N4. The third-order valence-corrected chi connectivity index (χ3v) is 1.43. The van der Waals surface area contributed by atoms with Crippen LogP contribution >= 0.6 is 0 Å². The van der Waals surface area contributed by atoms with Crippen molar-refractivity contribution in [1.29, 1.82) is 0 Å². The Balaban J connectivity index is 2.04. The SMILES string of the molecule is CNCNCCc1cnc[nH]1. The number of rotatable bonds is 5.